The Morgan fingerprint density at radius 2 is 2.28 bits per heavy atom. The molecule has 1 fully saturated rings. The molecule has 18 heavy (non-hydrogen) atoms. The van der Waals surface area contributed by atoms with Crippen LogP contribution in [-0.2, 0) is 14.3 Å². The van der Waals surface area contributed by atoms with Gasteiger partial charge in [-0.25, -0.2) is 0 Å². The largest absolute Gasteiger partial charge is 0.350 e. The number of rotatable bonds is 5. The van der Waals surface area contributed by atoms with E-state index >= 15 is 0 Å². The molecule has 1 rings (SSSR count). The van der Waals surface area contributed by atoms with E-state index in [1.807, 2.05) is 26.8 Å². The Morgan fingerprint density at radius 3 is 2.83 bits per heavy atom. The maximum absolute atomic E-state index is 11.6. The highest BCUT2D eigenvalue weighted by Gasteiger charge is 2.28. The first kappa shape index (κ1) is 14.9. The second-order valence-corrected chi connectivity index (χ2v) is 4.85. The lowest BCUT2D eigenvalue weighted by atomic mass is 10.1. The van der Waals surface area contributed by atoms with E-state index < -0.39 is 0 Å². The van der Waals surface area contributed by atoms with Crippen LogP contribution in [-0.4, -0.2) is 30.9 Å². The Morgan fingerprint density at radius 1 is 1.56 bits per heavy atom. The van der Waals surface area contributed by atoms with Crippen molar-refractivity contribution in [3.05, 3.63) is 24.8 Å². The predicted molar refractivity (Wildman–Crippen MR) is 71.0 cm³/mol. The van der Waals surface area contributed by atoms with Gasteiger partial charge < -0.3 is 14.8 Å². The molecule has 0 bridgehead atoms. The summed E-state index contributed by atoms with van der Waals surface area (Å²) in [6.45, 7) is 10.1. The molecule has 0 unspecified atom stereocenters. The minimum Gasteiger partial charge on any atom is -0.350 e. The average molecular weight is 253 g/mol. The van der Waals surface area contributed by atoms with Crippen molar-refractivity contribution in [2.75, 3.05) is 6.61 Å². The molecule has 0 saturated carbocycles. The van der Waals surface area contributed by atoms with E-state index in [2.05, 4.69) is 11.9 Å². The number of amides is 1. The smallest absolute Gasteiger partial charge is 0.244 e. The van der Waals surface area contributed by atoms with E-state index in [1.54, 1.807) is 12.2 Å². The summed E-state index contributed by atoms with van der Waals surface area (Å²) in [5.41, 5.74) is 0. The summed E-state index contributed by atoms with van der Waals surface area (Å²) in [6.07, 6.45) is 5.56. The summed E-state index contributed by atoms with van der Waals surface area (Å²) < 4.78 is 11.1. The molecule has 1 N–H and O–H groups in total. The second-order valence-electron chi connectivity index (χ2n) is 4.85. The monoisotopic (exact) mass is 253 g/mol. The molecule has 0 aromatic heterocycles. The van der Waals surface area contributed by atoms with Crippen LogP contribution in [0.15, 0.2) is 24.8 Å². The quantitative estimate of drug-likeness (QED) is 0.602. The molecule has 0 aromatic rings. The van der Waals surface area contributed by atoms with Gasteiger partial charge in [-0.3, -0.25) is 4.79 Å². The molecule has 0 spiro atoms. The Labute approximate surface area is 109 Å². The van der Waals surface area contributed by atoms with Crippen molar-refractivity contribution < 1.29 is 14.3 Å². The summed E-state index contributed by atoms with van der Waals surface area (Å²) >= 11 is 0. The van der Waals surface area contributed by atoms with Crippen LogP contribution in [0, 0.1) is 5.92 Å². The number of ether oxygens (including phenoxy) is 2. The first-order valence-electron chi connectivity index (χ1n) is 6.39. The van der Waals surface area contributed by atoms with Crippen molar-refractivity contribution in [3.8, 4) is 0 Å². The Hall–Kier alpha value is -1.13. The lowest BCUT2D eigenvalue weighted by Crippen LogP contribution is -2.51. The lowest BCUT2D eigenvalue weighted by molar-refractivity contribution is -0.217. The molecule has 1 heterocycles. The number of carbonyl (C=O) groups is 1. The van der Waals surface area contributed by atoms with Gasteiger partial charge in [0.15, 0.2) is 6.29 Å². The third-order valence-electron chi connectivity index (χ3n) is 2.71. The molecular formula is C14H23NO3. The summed E-state index contributed by atoms with van der Waals surface area (Å²) in [6, 6.07) is -0.102. The van der Waals surface area contributed by atoms with Crippen molar-refractivity contribution in [3.63, 3.8) is 0 Å². The summed E-state index contributed by atoms with van der Waals surface area (Å²) in [5, 5.41) is 2.89. The van der Waals surface area contributed by atoms with Gasteiger partial charge in [0.2, 0.25) is 5.91 Å². The van der Waals surface area contributed by atoms with Crippen molar-refractivity contribution in [1.82, 2.24) is 5.32 Å². The standard InChI is InChI=1S/C14H23NO3/c1-5-6-14-17-9-12(11(4)18-14)15-13(16)8-7-10(2)3/h5,7-8,10-12,14H,1,6,9H2,2-4H3,(H,15,16)/b8-7-/t11-,12-,14+/m1/s1. The van der Waals surface area contributed by atoms with Gasteiger partial charge in [-0.1, -0.05) is 26.0 Å². The Kier molecular flexibility index (Phi) is 6.09. The third kappa shape index (κ3) is 5.02. The van der Waals surface area contributed by atoms with Crippen LogP contribution in [0.2, 0.25) is 0 Å². The van der Waals surface area contributed by atoms with Crippen LogP contribution in [0.5, 0.6) is 0 Å². The van der Waals surface area contributed by atoms with Gasteiger partial charge in [-0.2, -0.15) is 0 Å². The van der Waals surface area contributed by atoms with Gasteiger partial charge in [-0.15, -0.1) is 6.58 Å². The molecule has 102 valence electrons. The minimum atomic E-state index is -0.239. The summed E-state index contributed by atoms with van der Waals surface area (Å²) in [5.74, 6) is 0.263. The molecule has 0 aromatic carbocycles. The van der Waals surface area contributed by atoms with Gasteiger partial charge in [0.05, 0.1) is 18.8 Å². The van der Waals surface area contributed by atoms with Crippen LogP contribution >= 0.6 is 0 Å². The molecule has 4 nitrogen and oxygen atoms in total. The number of nitrogens with one attached hydrogen (secondary N) is 1. The number of hydrogen-bond acceptors (Lipinski definition) is 3. The Bertz CT molecular complexity index is 312. The van der Waals surface area contributed by atoms with Crippen molar-refractivity contribution in [1.29, 1.82) is 0 Å². The maximum atomic E-state index is 11.6. The predicted octanol–water partition coefficient (Wildman–Crippen LogP) is 2.02. The van der Waals surface area contributed by atoms with Crippen LogP contribution in [0.3, 0.4) is 0 Å². The van der Waals surface area contributed by atoms with E-state index in [4.69, 9.17) is 9.47 Å². The molecule has 0 radical (unpaired) electrons. The fourth-order valence-corrected chi connectivity index (χ4v) is 1.65. The molecule has 0 aliphatic carbocycles. The minimum absolute atomic E-state index is 0.0555. The van der Waals surface area contributed by atoms with Crippen LogP contribution < -0.4 is 5.32 Å². The zero-order valence-corrected chi connectivity index (χ0v) is 11.4. The zero-order chi connectivity index (χ0) is 13.5. The van der Waals surface area contributed by atoms with E-state index in [0.717, 1.165) is 0 Å². The summed E-state index contributed by atoms with van der Waals surface area (Å²) in [7, 11) is 0. The highest BCUT2D eigenvalue weighted by molar-refractivity contribution is 5.87. The van der Waals surface area contributed by atoms with Gasteiger partial charge >= 0.3 is 0 Å². The number of allylic oxidation sites excluding steroid dienone is 1. The molecule has 1 aliphatic heterocycles. The molecule has 1 aliphatic rings. The van der Waals surface area contributed by atoms with Crippen LogP contribution in [0.4, 0.5) is 0 Å². The average Bonchev–Trinajstić information content (AvgIpc) is 2.30. The topological polar surface area (TPSA) is 47.6 Å². The Balaban J connectivity index is 2.40. The fraction of sp³-hybridized carbons (Fsp3) is 0.643. The number of hydrogen-bond donors (Lipinski definition) is 1. The normalized spacial score (nSPS) is 28.6. The van der Waals surface area contributed by atoms with E-state index in [1.165, 1.54) is 0 Å². The van der Waals surface area contributed by atoms with Gasteiger partial charge in [-0.05, 0) is 18.9 Å². The molecule has 3 atom stereocenters. The van der Waals surface area contributed by atoms with E-state index in [-0.39, 0.29) is 24.3 Å². The number of carbonyl (C=O) groups excluding carboxylic acids is 1. The SMILES string of the molecule is C=CC[C@H]1OC[C@@H](NC(=O)/C=C\C(C)C)[C@@H](C)O1. The van der Waals surface area contributed by atoms with E-state index in [9.17, 15) is 4.79 Å². The van der Waals surface area contributed by atoms with Crippen molar-refractivity contribution in [2.45, 2.75) is 45.6 Å². The molecule has 1 amide bonds. The highest BCUT2D eigenvalue weighted by atomic mass is 16.7. The van der Waals surface area contributed by atoms with Crippen LogP contribution in [0.25, 0.3) is 0 Å². The second kappa shape index (κ2) is 7.34. The first-order chi connectivity index (χ1) is 8.52. The van der Waals surface area contributed by atoms with Crippen molar-refractivity contribution in [2.24, 2.45) is 5.92 Å². The highest BCUT2D eigenvalue weighted by Crippen LogP contribution is 2.15. The summed E-state index contributed by atoms with van der Waals surface area (Å²) in [4.78, 5) is 11.6. The lowest BCUT2D eigenvalue weighted by Gasteiger charge is -2.34. The first-order valence-corrected chi connectivity index (χ1v) is 6.39. The van der Waals surface area contributed by atoms with Gasteiger partial charge in [0, 0.05) is 6.42 Å². The molecule has 4 heteroatoms. The van der Waals surface area contributed by atoms with Gasteiger partial charge in [0.25, 0.3) is 0 Å². The maximum Gasteiger partial charge on any atom is 0.244 e. The van der Waals surface area contributed by atoms with Crippen LogP contribution in [0.1, 0.15) is 27.2 Å². The molecular weight excluding hydrogens is 230 g/mol. The van der Waals surface area contributed by atoms with Crippen molar-refractivity contribution >= 4 is 5.91 Å². The third-order valence-corrected chi connectivity index (χ3v) is 2.71. The van der Waals surface area contributed by atoms with Gasteiger partial charge in [0.1, 0.15) is 0 Å². The fourth-order valence-electron chi connectivity index (χ4n) is 1.65. The zero-order valence-electron chi connectivity index (χ0n) is 11.4. The molecule has 1 saturated heterocycles. The van der Waals surface area contributed by atoms with E-state index in [0.29, 0.717) is 18.9 Å².